The predicted molar refractivity (Wildman–Crippen MR) is 66.5 cm³/mol. The molecule has 0 bridgehead atoms. The smallest absolute Gasteiger partial charge is 0.233 e. The van der Waals surface area contributed by atoms with Crippen molar-refractivity contribution in [3.05, 3.63) is 42.2 Å². The SMILES string of the molecule is ClCCc1cn(Cc2cn3cccnc3n2)nn1. The minimum Gasteiger partial charge on any atom is -0.291 e. The van der Waals surface area contributed by atoms with Crippen molar-refractivity contribution in [2.75, 3.05) is 5.88 Å². The molecule has 0 saturated heterocycles. The maximum absolute atomic E-state index is 5.66. The summed E-state index contributed by atoms with van der Waals surface area (Å²) in [7, 11) is 0. The molecule has 0 aliphatic heterocycles. The average Bonchev–Trinajstić information content (AvgIpc) is 2.96. The minimum absolute atomic E-state index is 0.553. The third-order valence-electron chi connectivity index (χ3n) is 2.55. The van der Waals surface area contributed by atoms with Crippen LogP contribution in [0.25, 0.3) is 5.78 Å². The van der Waals surface area contributed by atoms with E-state index in [1.165, 1.54) is 0 Å². The fourth-order valence-corrected chi connectivity index (χ4v) is 1.94. The summed E-state index contributed by atoms with van der Waals surface area (Å²) >= 11 is 5.66. The summed E-state index contributed by atoms with van der Waals surface area (Å²) in [5, 5.41) is 8.07. The summed E-state index contributed by atoms with van der Waals surface area (Å²) in [5.74, 6) is 1.24. The molecule has 0 aliphatic carbocycles. The van der Waals surface area contributed by atoms with Crippen molar-refractivity contribution in [1.29, 1.82) is 0 Å². The lowest BCUT2D eigenvalue weighted by Crippen LogP contribution is -2.00. The molecule has 0 atom stereocenters. The molecule has 7 heteroatoms. The molecule has 3 aromatic rings. The van der Waals surface area contributed by atoms with E-state index < -0.39 is 0 Å². The molecule has 18 heavy (non-hydrogen) atoms. The molecule has 92 valence electrons. The summed E-state index contributed by atoms with van der Waals surface area (Å²) in [4.78, 5) is 8.57. The van der Waals surface area contributed by atoms with E-state index in [0.29, 0.717) is 18.2 Å². The standard InChI is InChI=1S/C11H11ClN6/c12-3-2-9-7-18(16-15-9)8-10-6-17-5-1-4-13-11(17)14-10/h1,4-7H,2-3,8H2. The number of rotatable bonds is 4. The number of imidazole rings is 1. The highest BCUT2D eigenvalue weighted by atomic mass is 35.5. The number of hydrogen-bond donors (Lipinski definition) is 0. The summed E-state index contributed by atoms with van der Waals surface area (Å²) < 4.78 is 3.63. The Morgan fingerprint density at radius 3 is 3.00 bits per heavy atom. The molecule has 0 fully saturated rings. The van der Waals surface area contributed by atoms with E-state index in [0.717, 1.165) is 17.8 Å². The number of aryl methyl sites for hydroxylation is 1. The zero-order valence-corrected chi connectivity index (χ0v) is 10.3. The molecular formula is C11H11ClN6. The zero-order valence-electron chi connectivity index (χ0n) is 9.57. The van der Waals surface area contributed by atoms with Crippen molar-refractivity contribution in [3.63, 3.8) is 0 Å². The Kier molecular flexibility index (Phi) is 2.93. The molecule has 0 unspecified atom stereocenters. The first-order valence-corrected chi connectivity index (χ1v) is 6.12. The molecule has 0 N–H and O–H groups in total. The highest BCUT2D eigenvalue weighted by Gasteiger charge is 2.05. The Morgan fingerprint density at radius 1 is 1.22 bits per heavy atom. The maximum Gasteiger partial charge on any atom is 0.233 e. The van der Waals surface area contributed by atoms with Crippen molar-refractivity contribution in [1.82, 2.24) is 29.4 Å². The lowest BCUT2D eigenvalue weighted by Gasteiger charge is -1.93. The van der Waals surface area contributed by atoms with Gasteiger partial charge in [-0.2, -0.15) is 0 Å². The number of fused-ring (bicyclic) bond motifs is 1. The number of halogens is 1. The van der Waals surface area contributed by atoms with E-state index in [-0.39, 0.29) is 0 Å². The topological polar surface area (TPSA) is 60.9 Å². The first kappa shape index (κ1) is 11.2. The van der Waals surface area contributed by atoms with Crippen LogP contribution in [-0.4, -0.2) is 35.2 Å². The van der Waals surface area contributed by atoms with Gasteiger partial charge in [0.25, 0.3) is 0 Å². The largest absolute Gasteiger partial charge is 0.291 e. The van der Waals surface area contributed by atoms with Crippen LogP contribution in [0.3, 0.4) is 0 Å². The van der Waals surface area contributed by atoms with E-state index >= 15 is 0 Å². The van der Waals surface area contributed by atoms with Crippen molar-refractivity contribution in [2.24, 2.45) is 0 Å². The summed E-state index contributed by atoms with van der Waals surface area (Å²) in [5.41, 5.74) is 1.79. The predicted octanol–water partition coefficient (Wildman–Crippen LogP) is 1.15. The van der Waals surface area contributed by atoms with Gasteiger partial charge in [-0.15, -0.1) is 16.7 Å². The molecule has 0 amide bonds. The van der Waals surface area contributed by atoms with Gasteiger partial charge in [-0.25, -0.2) is 14.6 Å². The molecule has 6 nitrogen and oxygen atoms in total. The molecule has 0 aromatic carbocycles. The zero-order chi connectivity index (χ0) is 12.4. The average molecular weight is 263 g/mol. The second kappa shape index (κ2) is 4.73. The van der Waals surface area contributed by atoms with Gasteiger partial charge in [-0.3, -0.25) is 4.40 Å². The van der Waals surface area contributed by atoms with E-state index in [2.05, 4.69) is 20.3 Å². The highest BCUT2D eigenvalue weighted by molar-refractivity contribution is 6.17. The monoisotopic (exact) mass is 262 g/mol. The van der Waals surface area contributed by atoms with Crippen molar-refractivity contribution >= 4 is 17.4 Å². The third-order valence-corrected chi connectivity index (χ3v) is 2.74. The molecule has 0 aliphatic rings. The van der Waals surface area contributed by atoms with Crippen LogP contribution in [0.5, 0.6) is 0 Å². The third kappa shape index (κ3) is 2.19. The first-order valence-electron chi connectivity index (χ1n) is 5.59. The van der Waals surface area contributed by atoms with Crippen LogP contribution in [0.4, 0.5) is 0 Å². The Labute approximate surface area is 108 Å². The summed E-state index contributed by atoms with van der Waals surface area (Å²) in [6.07, 6.45) is 8.19. The van der Waals surface area contributed by atoms with Gasteiger partial charge in [0.2, 0.25) is 5.78 Å². The van der Waals surface area contributed by atoms with Gasteiger partial charge in [-0.05, 0) is 6.07 Å². The summed E-state index contributed by atoms with van der Waals surface area (Å²) in [6, 6.07) is 1.87. The molecule has 0 saturated carbocycles. The van der Waals surface area contributed by atoms with Crippen LogP contribution in [0, 0.1) is 0 Å². The molecular weight excluding hydrogens is 252 g/mol. The lowest BCUT2D eigenvalue weighted by molar-refractivity contribution is 0.640. The van der Waals surface area contributed by atoms with E-state index in [1.54, 1.807) is 10.9 Å². The Balaban J connectivity index is 1.82. The second-order valence-corrected chi connectivity index (χ2v) is 4.28. The molecule has 3 aromatic heterocycles. The normalized spacial score (nSPS) is 11.2. The van der Waals surface area contributed by atoms with Gasteiger partial charge < -0.3 is 0 Å². The van der Waals surface area contributed by atoms with Crippen LogP contribution in [0.15, 0.2) is 30.9 Å². The number of alkyl halides is 1. The van der Waals surface area contributed by atoms with Gasteiger partial charge in [0.1, 0.15) is 0 Å². The molecule has 3 rings (SSSR count). The Hall–Kier alpha value is -1.95. The van der Waals surface area contributed by atoms with E-state index in [9.17, 15) is 0 Å². The van der Waals surface area contributed by atoms with Crippen LogP contribution >= 0.6 is 11.6 Å². The minimum atomic E-state index is 0.553. The van der Waals surface area contributed by atoms with Crippen molar-refractivity contribution in [2.45, 2.75) is 13.0 Å². The van der Waals surface area contributed by atoms with Crippen LogP contribution in [0.2, 0.25) is 0 Å². The van der Waals surface area contributed by atoms with E-state index in [1.807, 2.05) is 29.1 Å². The number of nitrogens with zero attached hydrogens (tertiary/aromatic N) is 6. The van der Waals surface area contributed by atoms with Crippen LogP contribution < -0.4 is 0 Å². The van der Waals surface area contributed by atoms with Crippen molar-refractivity contribution < 1.29 is 0 Å². The summed E-state index contributed by atoms with van der Waals surface area (Å²) in [6.45, 7) is 0.582. The molecule has 0 spiro atoms. The Bertz CT molecular complexity index is 625. The second-order valence-electron chi connectivity index (χ2n) is 3.91. The van der Waals surface area contributed by atoms with Crippen molar-refractivity contribution in [3.8, 4) is 0 Å². The molecule has 3 heterocycles. The van der Waals surface area contributed by atoms with Gasteiger partial charge >= 0.3 is 0 Å². The fourth-order valence-electron chi connectivity index (χ4n) is 1.75. The molecule has 0 radical (unpaired) electrons. The highest BCUT2D eigenvalue weighted by Crippen LogP contribution is 2.04. The number of hydrogen-bond acceptors (Lipinski definition) is 4. The van der Waals surface area contributed by atoms with Gasteiger partial charge in [0.05, 0.1) is 17.9 Å². The number of aromatic nitrogens is 6. The van der Waals surface area contributed by atoms with Crippen LogP contribution in [0.1, 0.15) is 11.4 Å². The Morgan fingerprint density at radius 2 is 2.17 bits per heavy atom. The first-order chi connectivity index (χ1) is 8.85. The van der Waals surface area contributed by atoms with Gasteiger partial charge in [-0.1, -0.05) is 5.21 Å². The van der Waals surface area contributed by atoms with E-state index in [4.69, 9.17) is 11.6 Å². The maximum atomic E-state index is 5.66. The van der Waals surface area contributed by atoms with Gasteiger partial charge in [0, 0.05) is 37.1 Å². The van der Waals surface area contributed by atoms with Crippen LogP contribution in [-0.2, 0) is 13.0 Å². The fraction of sp³-hybridized carbons (Fsp3) is 0.273. The van der Waals surface area contributed by atoms with Gasteiger partial charge in [0.15, 0.2) is 0 Å². The lowest BCUT2D eigenvalue weighted by atomic mass is 10.4. The quantitative estimate of drug-likeness (QED) is 0.662.